The Morgan fingerprint density at radius 2 is 1.86 bits per heavy atom. The Kier molecular flexibility index (Phi) is 7.23. The van der Waals surface area contributed by atoms with Crippen molar-refractivity contribution in [2.75, 3.05) is 0 Å². The average molecular weight is 372 g/mol. The summed E-state index contributed by atoms with van der Waals surface area (Å²) >= 11 is 0. The number of hydrogen-bond donors (Lipinski definition) is 1. The van der Waals surface area contributed by atoms with Crippen molar-refractivity contribution in [3.63, 3.8) is 0 Å². The van der Waals surface area contributed by atoms with Gasteiger partial charge < -0.3 is 5.32 Å². The first-order chi connectivity index (χ1) is 13.4. The molecule has 0 radical (unpaired) electrons. The van der Waals surface area contributed by atoms with Crippen LogP contribution in [0.15, 0.2) is 91.2 Å². The minimum Gasteiger partial charge on any atom is -0.387 e. The van der Waals surface area contributed by atoms with Crippen molar-refractivity contribution in [1.82, 2.24) is 5.32 Å². The van der Waals surface area contributed by atoms with Crippen LogP contribution in [-0.2, 0) is 12.0 Å². The van der Waals surface area contributed by atoms with E-state index >= 15 is 0 Å². The molecule has 28 heavy (non-hydrogen) atoms. The Bertz CT molecular complexity index is 898. The van der Waals surface area contributed by atoms with Gasteiger partial charge in [-0.25, -0.2) is 0 Å². The molecule has 1 aliphatic carbocycles. The highest BCUT2D eigenvalue weighted by atomic mass is 14.8. The zero-order valence-electron chi connectivity index (χ0n) is 18.0. The topological polar surface area (TPSA) is 12.0 Å². The molecular weight excluding hydrogens is 338 g/mol. The molecule has 2 rings (SSSR count). The van der Waals surface area contributed by atoms with Crippen LogP contribution in [0.25, 0.3) is 5.57 Å². The highest BCUT2D eigenvalue weighted by molar-refractivity contribution is 5.88. The summed E-state index contributed by atoms with van der Waals surface area (Å²) < 4.78 is 0. The summed E-state index contributed by atoms with van der Waals surface area (Å²) in [5.74, 6) is 0. The molecule has 0 bridgehead atoms. The second-order valence-electron chi connectivity index (χ2n) is 7.65. The van der Waals surface area contributed by atoms with Crippen LogP contribution in [0.3, 0.4) is 0 Å². The molecule has 1 aromatic rings. The Morgan fingerprint density at radius 1 is 1.11 bits per heavy atom. The van der Waals surface area contributed by atoms with Gasteiger partial charge in [-0.3, -0.25) is 0 Å². The fraction of sp³-hybridized carbons (Fsp3) is 0.259. The van der Waals surface area contributed by atoms with Gasteiger partial charge in [0.05, 0.1) is 0 Å². The van der Waals surface area contributed by atoms with E-state index < -0.39 is 0 Å². The maximum atomic E-state index is 4.07. The molecule has 1 nitrogen and oxygen atoms in total. The molecule has 0 heterocycles. The van der Waals surface area contributed by atoms with Crippen molar-refractivity contribution in [2.24, 2.45) is 0 Å². The third-order valence-electron chi connectivity index (χ3n) is 5.25. The molecule has 0 saturated carbocycles. The van der Waals surface area contributed by atoms with Gasteiger partial charge in [0.25, 0.3) is 0 Å². The maximum absolute atomic E-state index is 4.07. The van der Waals surface area contributed by atoms with E-state index in [0.717, 1.165) is 12.1 Å². The fourth-order valence-corrected chi connectivity index (χ4v) is 3.76. The molecule has 1 aromatic carbocycles. The predicted octanol–water partition coefficient (Wildman–Crippen LogP) is 7.09. The summed E-state index contributed by atoms with van der Waals surface area (Å²) in [7, 11) is 0. The Hall–Kier alpha value is -2.80. The zero-order valence-corrected chi connectivity index (χ0v) is 18.0. The number of benzene rings is 1. The van der Waals surface area contributed by atoms with E-state index in [1.54, 1.807) is 0 Å². The molecule has 0 atom stereocenters. The molecule has 0 aliphatic heterocycles. The van der Waals surface area contributed by atoms with Crippen LogP contribution in [0.4, 0.5) is 0 Å². The standard InChI is InChI=1S/C27H33N/c1-8-13-20(4)15-11-12-16-28-19-22-18-24-23(14-9-2)25(10-3)27(6,7)26(24)17-21(22)5/h8-18,28H,3-4,19H2,1-2,5-7H3/b13-8-,14-9-,15-11-,16-12-. The van der Waals surface area contributed by atoms with Crippen LogP contribution in [-0.4, -0.2) is 0 Å². The normalized spacial score (nSPS) is 16.0. The molecule has 146 valence electrons. The van der Waals surface area contributed by atoms with Gasteiger partial charge in [0.2, 0.25) is 0 Å². The minimum absolute atomic E-state index is 0.0112. The van der Waals surface area contributed by atoms with E-state index in [1.165, 1.54) is 33.4 Å². The van der Waals surface area contributed by atoms with Gasteiger partial charge in [-0.2, -0.15) is 0 Å². The van der Waals surface area contributed by atoms with Crippen LogP contribution in [0.2, 0.25) is 0 Å². The second-order valence-corrected chi connectivity index (χ2v) is 7.65. The zero-order chi connectivity index (χ0) is 20.7. The van der Waals surface area contributed by atoms with Gasteiger partial charge in [-0.1, -0.05) is 75.6 Å². The molecule has 1 N–H and O–H groups in total. The first-order valence-electron chi connectivity index (χ1n) is 9.89. The largest absolute Gasteiger partial charge is 0.387 e. The summed E-state index contributed by atoms with van der Waals surface area (Å²) in [6.45, 7) is 19.6. The van der Waals surface area contributed by atoms with Crippen LogP contribution in [0.1, 0.15) is 49.9 Å². The molecule has 1 heteroatoms. The summed E-state index contributed by atoms with van der Waals surface area (Å²) in [6.07, 6.45) is 18.3. The summed E-state index contributed by atoms with van der Waals surface area (Å²) in [5, 5.41) is 3.40. The van der Waals surface area contributed by atoms with Crippen molar-refractivity contribution in [2.45, 2.75) is 46.6 Å². The van der Waals surface area contributed by atoms with Crippen molar-refractivity contribution in [1.29, 1.82) is 0 Å². The Balaban J connectivity index is 2.22. The van der Waals surface area contributed by atoms with Gasteiger partial charge >= 0.3 is 0 Å². The number of hydrogen-bond acceptors (Lipinski definition) is 1. The van der Waals surface area contributed by atoms with E-state index in [1.807, 2.05) is 49.6 Å². The van der Waals surface area contributed by atoms with Crippen LogP contribution in [0.5, 0.6) is 0 Å². The average Bonchev–Trinajstić information content (AvgIpc) is 2.84. The van der Waals surface area contributed by atoms with Gasteiger partial charge in [0, 0.05) is 12.0 Å². The highest BCUT2D eigenvalue weighted by Crippen LogP contribution is 2.47. The van der Waals surface area contributed by atoms with Crippen LogP contribution >= 0.6 is 0 Å². The first kappa shape index (κ1) is 21.5. The van der Waals surface area contributed by atoms with Gasteiger partial charge in [-0.15, -0.1) is 0 Å². The molecular formula is C27H33N. The minimum atomic E-state index is -0.0112. The lowest BCUT2D eigenvalue weighted by atomic mass is 9.80. The van der Waals surface area contributed by atoms with Crippen molar-refractivity contribution in [3.05, 3.63) is 113 Å². The summed E-state index contributed by atoms with van der Waals surface area (Å²) in [4.78, 5) is 0. The highest BCUT2D eigenvalue weighted by Gasteiger charge is 2.35. The number of rotatable bonds is 8. The van der Waals surface area contributed by atoms with Crippen LogP contribution < -0.4 is 5.32 Å². The SMILES string of the molecule is C=CC1=C(/C=C\C)c2cc(CN/C=C\C=C/C(=C)/C=C\C)c(C)cc2C1(C)C. The lowest BCUT2D eigenvalue weighted by Gasteiger charge is -2.23. The van der Waals surface area contributed by atoms with Gasteiger partial charge in [0.1, 0.15) is 0 Å². The fourth-order valence-electron chi connectivity index (χ4n) is 3.76. The number of aryl methyl sites for hydroxylation is 1. The van der Waals surface area contributed by atoms with Crippen molar-refractivity contribution in [3.8, 4) is 0 Å². The van der Waals surface area contributed by atoms with Crippen molar-refractivity contribution < 1.29 is 0 Å². The van der Waals surface area contributed by atoms with Crippen LogP contribution in [0, 0.1) is 6.92 Å². The molecule has 0 spiro atoms. The monoisotopic (exact) mass is 371 g/mol. The van der Waals surface area contributed by atoms with E-state index in [0.29, 0.717) is 0 Å². The number of nitrogens with one attached hydrogen (secondary N) is 1. The smallest absolute Gasteiger partial charge is 0.0398 e. The Labute approximate surface area is 171 Å². The number of allylic oxidation sites excluding steroid dienone is 11. The van der Waals surface area contributed by atoms with E-state index in [9.17, 15) is 0 Å². The summed E-state index contributed by atoms with van der Waals surface area (Å²) in [6, 6.07) is 4.68. The molecule has 1 aliphatic rings. The molecule has 0 amide bonds. The molecule has 0 fully saturated rings. The second kappa shape index (κ2) is 9.41. The third kappa shape index (κ3) is 4.54. The molecule has 0 aromatic heterocycles. The van der Waals surface area contributed by atoms with E-state index in [-0.39, 0.29) is 5.41 Å². The predicted molar refractivity (Wildman–Crippen MR) is 125 cm³/mol. The first-order valence-corrected chi connectivity index (χ1v) is 9.89. The lowest BCUT2D eigenvalue weighted by Crippen LogP contribution is -2.17. The van der Waals surface area contributed by atoms with Crippen molar-refractivity contribution >= 4 is 5.57 Å². The van der Waals surface area contributed by atoms with Gasteiger partial charge in [-0.05, 0) is 78.1 Å². The third-order valence-corrected chi connectivity index (χ3v) is 5.25. The number of fused-ring (bicyclic) bond motifs is 1. The van der Waals surface area contributed by atoms with E-state index in [2.05, 4.69) is 70.5 Å². The Morgan fingerprint density at radius 3 is 2.50 bits per heavy atom. The molecule has 0 saturated heterocycles. The lowest BCUT2D eigenvalue weighted by molar-refractivity contribution is 0.653. The quantitative estimate of drug-likeness (QED) is 0.481. The summed E-state index contributed by atoms with van der Waals surface area (Å²) in [5.41, 5.74) is 8.91. The molecule has 0 unspecified atom stereocenters. The van der Waals surface area contributed by atoms with E-state index in [4.69, 9.17) is 0 Å². The van der Waals surface area contributed by atoms with Gasteiger partial charge in [0.15, 0.2) is 0 Å². The maximum Gasteiger partial charge on any atom is 0.0398 e.